The average Bonchev–Trinajstić information content (AvgIpc) is 2.61. The predicted octanol–water partition coefficient (Wildman–Crippen LogP) is 5.82. The number of hydrogen-bond acceptors (Lipinski definition) is 0. The quantitative estimate of drug-likeness (QED) is 0.418. The topological polar surface area (TPSA) is 0 Å². The third-order valence-electron chi connectivity index (χ3n) is 4.22. The van der Waals surface area contributed by atoms with E-state index >= 15 is 0 Å². The normalized spacial score (nSPS) is 12.2. The predicted molar refractivity (Wildman–Crippen MR) is 109 cm³/mol. The summed E-state index contributed by atoms with van der Waals surface area (Å²) in [5.41, 5.74) is 5.18. The van der Waals surface area contributed by atoms with Gasteiger partial charge in [0.15, 0.2) is 0 Å². The van der Waals surface area contributed by atoms with Crippen molar-refractivity contribution < 1.29 is 0 Å². The highest BCUT2D eigenvalue weighted by Gasteiger charge is 2.21. The summed E-state index contributed by atoms with van der Waals surface area (Å²) in [6.45, 7) is 7.24. The van der Waals surface area contributed by atoms with E-state index in [9.17, 15) is 0 Å². The van der Waals surface area contributed by atoms with Crippen molar-refractivity contribution in [1.29, 1.82) is 0 Å². The highest BCUT2D eigenvalue weighted by atomic mass is 28.3. The Kier molecular flexibility index (Phi) is 4.82. The summed E-state index contributed by atoms with van der Waals surface area (Å²) in [6, 6.07) is 30.2. The van der Waals surface area contributed by atoms with Gasteiger partial charge in [-0.1, -0.05) is 110 Å². The molecule has 0 spiro atoms. The first-order valence-electron chi connectivity index (χ1n) is 8.48. The zero-order chi connectivity index (χ0) is 17.0. The van der Waals surface area contributed by atoms with Crippen LogP contribution in [0.4, 0.5) is 0 Å². The molecule has 0 aliphatic rings. The maximum absolute atomic E-state index is 2.41. The van der Waals surface area contributed by atoms with Crippen LogP contribution < -0.4 is 5.19 Å². The second kappa shape index (κ2) is 7.02. The molecule has 0 radical (unpaired) electrons. The Morgan fingerprint density at radius 2 is 1.21 bits per heavy atom. The number of rotatable bonds is 4. The number of hydrogen-bond donors (Lipinski definition) is 0. The zero-order valence-corrected chi connectivity index (χ0v) is 15.7. The monoisotopic (exact) mass is 328 g/mol. The van der Waals surface area contributed by atoms with Crippen molar-refractivity contribution in [2.45, 2.75) is 19.6 Å². The molecule has 3 rings (SSSR count). The second-order valence-electron chi connectivity index (χ2n) is 7.13. The molecule has 0 N–H and O–H groups in total. The van der Waals surface area contributed by atoms with Crippen LogP contribution in [-0.4, -0.2) is 8.07 Å². The second-order valence-corrected chi connectivity index (χ2v) is 12.2. The van der Waals surface area contributed by atoms with Gasteiger partial charge in [-0.2, -0.15) is 0 Å². The van der Waals surface area contributed by atoms with E-state index in [1.54, 1.807) is 0 Å². The van der Waals surface area contributed by atoms with Gasteiger partial charge < -0.3 is 0 Å². The minimum atomic E-state index is -1.43. The summed E-state index contributed by atoms with van der Waals surface area (Å²) in [5, 5.41) is 1.51. The molecule has 24 heavy (non-hydrogen) atoms. The summed E-state index contributed by atoms with van der Waals surface area (Å²) < 4.78 is 0. The Hall–Kier alpha value is -2.38. The highest BCUT2D eigenvalue weighted by Crippen LogP contribution is 2.26. The van der Waals surface area contributed by atoms with E-state index in [0.717, 1.165) is 0 Å². The van der Waals surface area contributed by atoms with Gasteiger partial charge in [0.1, 0.15) is 0 Å². The first-order chi connectivity index (χ1) is 11.6. The Balaban J connectivity index is 2.23. The molecule has 0 atom stereocenters. The van der Waals surface area contributed by atoms with Gasteiger partial charge in [0.25, 0.3) is 0 Å². The van der Waals surface area contributed by atoms with Crippen molar-refractivity contribution in [3.05, 3.63) is 102 Å². The maximum atomic E-state index is 2.41. The molecule has 0 heterocycles. The molecule has 0 aromatic heterocycles. The fraction of sp³-hybridized carbons (Fsp3) is 0.130. The molecule has 0 unspecified atom stereocenters. The Labute approximate surface area is 146 Å². The zero-order valence-electron chi connectivity index (χ0n) is 14.7. The van der Waals surface area contributed by atoms with Crippen molar-refractivity contribution in [3.8, 4) is 0 Å². The Morgan fingerprint density at radius 1 is 0.667 bits per heavy atom. The van der Waals surface area contributed by atoms with Crippen LogP contribution in [0.2, 0.25) is 19.6 Å². The largest absolute Gasteiger partial charge is 0.0784 e. The fourth-order valence-corrected chi connectivity index (χ4v) is 4.64. The lowest BCUT2D eigenvalue weighted by Gasteiger charge is -2.23. The molecule has 120 valence electrons. The van der Waals surface area contributed by atoms with Crippen LogP contribution in [0.3, 0.4) is 0 Å². The lowest BCUT2D eigenvalue weighted by atomic mass is 9.95. The van der Waals surface area contributed by atoms with Gasteiger partial charge in [0.2, 0.25) is 0 Å². The summed E-state index contributed by atoms with van der Waals surface area (Å²) in [5.74, 6) is 0. The summed E-state index contributed by atoms with van der Waals surface area (Å²) >= 11 is 0. The van der Waals surface area contributed by atoms with Gasteiger partial charge in [-0.25, -0.2) is 0 Å². The standard InChI is InChI=1S/C23H24Si/c1-24(2,3)23-17-11-10-16-21(23)22(20-14-8-5-9-15-20)18-19-12-6-4-7-13-19/h4-18H,1-3H3/b22-18+. The van der Waals surface area contributed by atoms with Crippen molar-refractivity contribution in [3.63, 3.8) is 0 Å². The first kappa shape index (κ1) is 16.5. The molecule has 0 fully saturated rings. The van der Waals surface area contributed by atoms with Crippen LogP contribution in [0.5, 0.6) is 0 Å². The summed E-state index contributed by atoms with van der Waals surface area (Å²) in [7, 11) is -1.43. The molecular formula is C23H24Si. The molecule has 0 saturated heterocycles. The third-order valence-corrected chi connectivity index (χ3v) is 6.27. The minimum absolute atomic E-state index is 1.24. The molecule has 0 aliphatic heterocycles. The van der Waals surface area contributed by atoms with Crippen molar-refractivity contribution in [1.82, 2.24) is 0 Å². The lowest BCUT2D eigenvalue weighted by Crippen LogP contribution is -2.39. The van der Waals surface area contributed by atoms with Gasteiger partial charge in [-0.15, -0.1) is 0 Å². The molecule has 0 aliphatic carbocycles. The van der Waals surface area contributed by atoms with Crippen LogP contribution in [0, 0.1) is 0 Å². The van der Waals surface area contributed by atoms with Crippen LogP contribution >= 0.6 is 0 Å². The SMILES string of the molecule is C[Si](C)(C)c1ccccc1/C(=C/c1ccccc1)c1ccccc1. The van der Waals surface area contributed by atoms with E-state index in [-0.39, 0.29) is 0 Å². The van der Waals surface area contributed by atoms with Crippen molar-refractivity contribution in [2.75, 3.05) is 0 Å². The van der Waals surface area contributed by atoms with Gasteiger partial charge in [-0.3, -0.25) is 0 Å². The Bertz CT molecular complexity index is 825. The molecule has 0 saturated carbocycles. The van der Waals surface area contributed by atoms with E-state index in [0.29, 0.717) is 0 Å². The Morgan fingerprint density at radius 3 is 1.83 bits per heavy atom. The smallest absolute Gasteiger partial charge is 0.0656 e. The highest BCUT2D eigenvalue weighted by molar-refractivity contribution is 6.89. The van der Waals surface area contributed by atoms with Gasteiger partial charge in [0, 0.05) is 0 Å². The lowest BCUT2D eigenvalue weighted by molar-refractivity contribution is 1.55. The summed E-state index contributed by atoms with van der Waals surface area (Å²) in [4.78, 5) is 0. The van der Waals surface area contributed by atoms with Crippen LogP contribution in [-0.2, 0) is 0 Å². The summed E-state index contributed by atoms with van der Waals surface area (Å²) in [6.07, 6.45) is 2.31. The number of benzene rings is 3. The molecule has 1 heteroatoms. The molecule has 0 bridgehead atoms. The third kappa shape index (κ3) is 3.74. The average molecular weight is 329 g/mol. The van der Waals surface area contributed by atoms with E-state index in [2.05, 4.69) is 111 Å². The molecule has 3 aromatic carbocycles. The van der Waals surface area contributed by atoms with Crippen LogP contribution in [0.1, 0.15) is 16.7 Å². The van der Waals surface area contributed by atoms with Crippen LogP contribution in [0.25, 0.3) is 11.6 Å². The molecule has 0 nitrogen and oxygen atoms in total. The van der Waals surface area contributed by atoms with Gasteiger partial charge in [0.05, 0.1) is 8.07 Å². The van der Waals surface area contributed by atoms with Crippen molar-refractivity contribution >= 4 is 24.9 Å². The van der Waals surface area contributed by atoms with Gasteiger partial charge >= 0.3 is 0 Å². The molecule has 0 amide bonds. The van der Waals surface area contributed by atoms with E-state index in [1.807, 2.05) is 0 Å². The van der Waals surface area contributed by atoms with Crippen molar-refractivity contribution in [2.24, 2.45) is 0 Å². The molecular weight excluding hydrogens is 304 g/mol. The first-order valence-corrected chi connectivity index (χ1v) is 12.0. The fourth-order valence-electron chi connectivity index (χ4n) is 3.02. The van der Waals surface area contributed by atoms with E-state index in [4.69, 9.17) is 0 Å². The van der Waals surface area contributed by atoms with Crippen LogP contribution in [0.15, 0.2) is 84.9 Å². The maximum Gasteiger partial charge on any atom is 0.0784 e. The minimum Gasteiger partial charge on any atom is -0.0656 e. The molecule has 3 aromatic rings. The van der Waals surface area contributed by atoms with E-state index < -0.39 is 8.07 Å². The van der Waals surface area contributed by atoms with E-state index in [1.165, 1.54) is 27.5 Å². The van der Waals surface area contributed by atoms with Gasteiger partial charge in [-0.05, 0) is 28.3 Å².